The molecule has 5 rings (SSSR count). The number of carbonyl (C=O) groups is 1. The molecule has 10 heteroatoms. The average molecular weight is 432 g/mol. The number of nitrogens with one attached hydrogen (secondary N) is 2. The minimum absolute atomic E-state index is 0.000861. The van der Waals surface area contributed by atoms with Crippen molar-refractivity contribution >= 4 is 23.2 Å². The number of ether oxygens (including phenoxy) is 1. The van der Waals surface area contributed by atoms with Crippen molar-refractivity contribution in [3.63, 3.8) is 0 Å². The Morgan fingerprint density at radius 3 is 3.03 bits per heavy atom. The van der Waals surface area contributed by atoms with E-state index >= 15 is 0 Å². The quantitative estimate of drug-likeness (QED) is 0.764. The molecule has 2 N–H and O–H groups in total. The van der Waals surface area contributed by atoms with E-state index in [0.717, 1.165) is 29.4 Å². The summed E-state index contributed by atoms with van der Waals surface area (Å²) in [5.41, 5.74) is 1.41. The van der Waals surface area contributed by atoms with E-state index in [1.807, 2.05) is 18.2 Å². The van der Waals surface area contributed by atoms with E-state index in [-0.39, 0.29) is 11.7 Å². The molecular weight excluding hydrogens is 417 g/mol. The minimum atomic E-state index is -4.48. The minimum Gasteiger partial charge on any atom is -0.493 e. The van der Waals surface area contributed by atoms with Gasteiger partial charge in [-0.05, 0) is 23.8 Å². The van der Waals surface area contributed by atoms with E-state index in [9.17, 15) is 18.0 Å². The van der Waals surface area contributed by atoms with Crippen molar-refractivity contribution in [1.29, 1.82) is 0 Å². The molecule has 30 heavy (non-hydrogen) atoms. The number of fused-ring (bicyclic) bond motifs is 2. The van der Waals surface area contributed by atoms with E-state index < -0.39 is 29.7 Å². The fourth-order valence-electron chi connectivity index (χ4n) is 3.62. The van der Waals surface area contributed by atoms with Crippen LogP contribution in [0.4, 0.5) is 13.2 Å². The summed E-state index contributed by atoms with van der Waals surface area (Å²) in [6, 6.07) is 3.99. The first-order valence-electron chi connectivity index (χ1n) is 9.21. The van der Waals surface area contributed by atoms with Gasteiger partial charge < -0.3 is 10.1 Å². The molecule has 3 aliphatic rings. The summed E-state index contributed by atoms with van der Waals surface area (Å²) in [5.74, 6) is 0.329. The van der Waals surface area contributed by atoms with Crippen LogP contribution in [0.2, 0.25) is 0 Å². The van der Waals surface area contributed by atoms with Crippen molar-refractivity contribution in [1.82, 2.24) is 15.6 Å². The summed E-state index contributed by atoms with van der Waals surface area (Å²) in [6.07, 6.45) is 0.278. The maximum atomic E-state index is 13.2. The van der Waals surface area contributed by atoms with E-state index in [1.54, 1.807) is 11.5 Å². The third-order valence-corrected chi connectivity index (χ3v) is 5.95. The Morgan fingerprint density at radius 2 is 2.20 bits per heavy atom. The Hall–Kier alpha value is -3.14. The summed E-state index contributed by atoms with van der Waals surface area (Å²) < 4.78 is 45.0. The van der Waals surface area contributed by atoms with Gasteiger partial charge in [0, 0.05) is 17.4 Å². The third kappa shape index (κ3) is 3.36. The number of benzene rings is 1. The average Bonchev–Trinajstić information content (AvgIpc) is 3.44. The standard InChI is InChI=1S/C20H15F3N4O2S/c21-20(22,23)12-2-1-3-13-16(12)26-19(25-13)27-17(28)14-9-30-18(24-14)11-4-5-15-10(8-11)6-7-29-15/h1-5,8-9,13,16H,6-7H2,(H2,25,26,27,28). The van der Waals surface area contributed by atoms with Crippen LogP contribution in [0.25, 0.3) is 10.6 Å². The Labute approximate surface area is 173 Å². The summed E-state index contributed by atoms with van der Waals surface area (Å²) >= 11 is 1.32. The summed E-state index contributed by atoms with van der Waals surface area (Å²) in [5, 5.41) is 7.63. The van der Waals surface area contributed by atoms with Gasteiger partial charge in [-0.2, -0.15) is 13.2 Å². The lowest BCUT2D eigenvalue weighted by atomic mass is 9.95. The lowest BCUT2D eigenvalue weighted by molar-refractivity contribution is -0.0958. The van der Waals surface area contributed by atoms with Crippen molar-refractivity contribution in [2.24, 2.45) is 4.99 Å². The topological polar surface area (TPSA) is 75.6 Å². The first kappa shape index (κ1) is 18.9. The Bertz CT molecular complexity index is 1120. The number of carbonyl (C=O) groups excluding carboxylic acids is 1. The predicted molar refractivity (Wildman–Crippen MR) is 106 cm³/mol. The number of allylic oxidation sites excluding steroid dienone is 2. The number of hydrogen-bond donors (Lipinski definition) is 2. The highest BCUT2D eigenvalue weighted by Gasteiger charge is 2.44. The number of thiazole rings is 1. The largest absolute Gasteiger partial charge is 0.493 e. The van der Waals surface area contributed by atoms with Crippen molar-refractivity contribution in [2.45, 2.75) is 24.7 Å². The van der Waals surface area contributed by atoms with Crippen LogP contribution in [0.5, 0.6) is 5.75 Å². The molecule has 154 valence electrons. The zero-order chi connectivity index (χ0) is 20.9. The van der Waals surface area contributed by atoms with Crippen LogP contribution < -0.4 is 15.4 Å². The number of halogens is 3. The number of nitrogens with zero attached hydrogens (tertiary/aromatic N) is 2. The van der Waals surface area contributed by atoms with Crippen molar-refractivity contribution < 1.29 is 22.7 Å². The lowest BCUT2D eigenvalue weighted by Crippen LogP contribution is -2.43. The third-order valence-electron chi connectivity index (χ3n) is 5.06. The van der Waals surface area contributed by atoms with E-state index in [2.05, 4.69) is 20.6 Å². The van der Waals surface area contributed by atoms with E-state index in [1.165, 1.54) is 17.4 Å². The van der Waals surface area contributed by atoms with Crippen LogP contribution in [0, 0.1) is 0 Å². The van der Waals surface area contributed by atoms with Gasteiger partial charge in [-0.3, -0.25) is 10.1 Å². The molecule has 1 amide bonds. The molecule has 0 spiro atoms. The number of aliphatic imine (C=N–C) groups is 1. The van der Waals surface area contributed by atoms with Crippen molar-refractivity contribution in [2.75, 3.05) is 6.61 Å². The van der Waals surface area contributed by atoms with Gasteiger partial charge >= 0.3 is 6.18 Å². The number of aromatic nitrogens is 1. The Balaban J connectivity index is 1.31. The molecule has 3 heterocycles. The van der Waals surface area contributed by atoms with E-state index in [4.69, 9.17) is 4.74 Å². The molecule has 2 unspecified atom stereocenters. The highest BCUT2D eigenvalue weighted by Crippen LogP contribution is 2.35. The van der Waals surface area contributed by atoms with Crippen molar-refractivity contribution in [3.8, 4) is 16.3 Å². The predicted octanol–water partition coefficient (Wildman–Crippen LogP) is 3.23. The molecule has 1 aromatic heterocycles. The second-order valence-electron chi connectivity index (χ2n) is 7.01. The molecule has 0 fully saturated rings. The molecule has 0 bridgehead atoms. The molecular formula is C20H15F3N4O2S. The van der Waals surface area contributed by atoms with Gasteiger partial charge in [-0.1, -0.05) is 18.2 Å². The van der Waals surface area contributed by atoms with Crippen LogP contribution in [-0.2, 0) is 6.42 Å². The molecule has 6 nitrogen and oxygen atoms in total. The normalized spacial score (nSPS) is 21.8. The first-order chi connectivity index (χ1) is 14.4. The molecule has 2 aliphatic heterocycles. The molecule has 0 saturated carbocycles. The molecule has 1 aromatic carbocycles. The molecule has 0 saturated heterocycles. The van der Waals surface area contributed by atoms with Crippen LogP contribution in [0.3, 0.4) is 0 Å². The molecule has 2 aromatic rings. The van der Waals surface area contributed by atoms with Gasteiger partial charge in [0.05, 0.1) is 18.2 Å². The fourth-order valence-corrected chi connectivity index (χ4v) is 4.42. The SMILES string of the molecule is O=C(NC1=NC2C(C(F)(F)F)=CC=CC2N1)c1csc(-c2ccc3c(c2)CCO3)n1. The molecule has 2 atom stereocenters. The van der Waals surface area contributed by atoms with Gasteiger partial charge in [0.1, 0.15) is 22.5 Å². The zero-order valence-corrected chi connectivity index (χ0v) is 16.2. The number of rotatable bonds is 2. The summed E-state index contributed by atoms with van der Waals surface area (Å²) in [7, 11) is 0. The monoisotopic (exact) mass is 432 g/mol. The fraction of sp³-hybridized carbons (Fsp3) is 0.250. The van der Waals surface area contributed by atoms with Gasteiger partial charge in [0.25, 0.3) is 5.91 Å². The second-order valence-corrected chi connectivity index (χ2v) is 7.87. The number of alkyl halides is 3. The first-order valence-corrected chi connectivity index (χ1v) is 10.1. The Kier molecular flexibility index (Phi) is 4.39. The van der Waals surface area contributed by atoms with Crippen LogP contribution in [-0.4, -0.2) is 41.7 Å². The zero-order valence-electron chi connectivity index (χ0n) is 15.4. The highest BCUT2D eigenvalue weighted by atomic mass is 32.1. The maximum absolute atomic E-state index is 13.2. The second kappa shape index (κ2) is 6.98. The van der Waals surface area contributed by atoms with Gasteiger partial charge in [0.15, 0.2) is 5.96 Å². The molecule has 0 radical (unpaired) electrons. The van der Waals surface area contributed by atoms with Gasteiger partial charge in [-0.15, -0.1) is 11.3 Å². The lowest BCUT2D eigenvalue weighted by Gasteiger charge is -2.22. The highest BCUT2D eigenvalue weighted by molar-refractivity contribution is 7.13. The number of amides is 1. The summed E-state index contributed by atoms with van der Waals surface area (Å²) in [6.45, 7) is 0.655. The van der Waals surface area contributed by atoms with Gasteiger partial charge in [0.2, 0.25) is 0 Å². The number of guanidine groups is 1. The number of hydrogen-bond acceptors (Lipinski definition) is 6. The van der Waals surface area contributed by atoms with Crippen molar-refractivity contribution in [3.05, 3.63) is 58.6 Å². The molecule has 1 aliphatic carbocycles. The Morgan fingerprint density at radius 1 is 1.33 bits per heavy atom. The van der Waals surface area contributed by atoms with E-state index in [0.29, 0.717) is 11.6 Å². The van der Waals surface area contributed by atoms with Crippen LogP contribution >= 0.6 is 11.3 Å². The summed E-state index contributed by atoms with van der Waals surface area (Å²) in [4.78, 5) is 20.9. The maximum Gasteiger partial charge on any atom is 0.414 e. The smallest absolute Gasteiger partial charge is 0.414 e. The van der Waals surface area contributed by atoms with Crippen LogP contribution in [0.15, 0.2) is 52.4 Å². The van der Waals surface area contributed by atoms with Gasteiger partial charge in [-0.25, -0.2) is 9.98 Å². The van der Waals surface area contributed by atoms with Crippen LogP contribution in [0.1, 0.15) is 16.1 Å².